The zero-order valence-corrected chi connectivity index (χ0v) is 17.6. The summed E-state index contributed by atoms with van der Waals surface area (Å²) in [5, 5.41) is 2.82. The molecule has 0 heterocycles. The van der Waals surface area contributed by atoms with Crippen LogP contribution in [0.5, 0.6) is 0 Å². The molecule has 2 aromatic rings. The fourth-order valence-corrected chi connectivity index (χ4v) is 3.75. The Morgan fingerprint density at radius 1 is 1.07 bits per heavy atom. The van der Waals surface area contributed by atoms with Gasteiger partial charge >= 0.3 is 0 Å². The molecular formula is C21H28N2O4S. The molecule has 0 fully saturated rings. The molecule has 0 saturated carbocycles. The molecular weight excluding hydrogens is 376 g/mol. The lowest BCUT2D eigenvalue weighted by Gasteiger charge is -2.13. The van der Waals surface area contributed by atoms with Crippen molar-refractivity contribution in [1.29, 1.82) is 0 Å². The van der Waals surface area contributed by atoms with Gasteiger partial charge in [-0.1, -0.05) is 24.3 Å². The Kier molecular flexibility index (Phi) is 7.60. The highest BCUT2D eigenvalue weighted by Gasteiger charge is 2.18. The molecule has 6 nitrogen and oxygen atoms in total. The fourth-order valence-electron chi connectivity index (χ4n) is 2.59. The van der Waals surface area contributed by atoms with Crippen molar-refractivity contribution in [3.8, 4) is 0 Å². The lowest BCUT2D eigenvalue weighted by molar-refractivity contribution is 0.0757. The number of sulfonamides is 1. The van der Waals surface area contributed by atoms with Gasteiger partial charge in [0.25, 0.3) is 15.9 Å². The summed E-state index contributed by atoms with van der Waals surface area (Å²) < 4.78 is 33.5. The predicted octanol–water partition coefficient (Wildman–Crippen LogP) is 3.65. The van der Waals surface area contributed by atoms with Crippen molar-refractivity contribution >= 4 is 21.6 Å². The van der Waals surface area contributed by atoms with E-state index in [1.54, 1.807) is 25.1 Å². The second kappa shape index (κ2) is 9.71. The zero-order chi connectivity index (χ0) is 20.7. The third-order valence-electron chi connectivity index (χ3n) is 4.21. The van der Waals surface area contributed by atoms with Gasteiger partial charge in [-0.2, -0.15) is 0 Å². The predicted molar refractivity (Wildman–Crippen MR) is 111 cm³/mol. The number of aryl methyl sites for hydroxylation is 2. The molecule has 0 saturated heterocycles. The standard InChI is InChI=1S/C21H28N2O4S/c1-15(2)27-13-7-12-22-21(24)19-14-18(11-10-16(19)3)28(25,26)23-20-9-6-5-8-17(20)4/h5-6,8-11,14-15,23H,7,12-13H2,1-4H3,(H,22,24). The second-order valence-electron chi connectivity index (χ2n) is 6.93. The number of amides is 1. The number of anilines is 1. The van der Waals surface area contributed by atoms with Crippen LogP contribution >= 0.6 is 0 Å². The molecule has 2 aromatic carbocycles. The van der Waals surface area contributed by atoms with E-state index in [0.29, 0.717) is 36.4 Å². The summed E-state index contributed by atoms with van der Waals surface area (Å²) in [5.41, 5.74) is 2.39. The van der Waals surface area contributed by atoms with E-state index in [9.17, 15) is 13.2 Å². The molecule has 0 aliphatic rings. The highest BCUT2D eigenvalue weighted by atomic mass is 32.2. The second-order valence-corrected chi connectivity index (χ2v) is 8.61. The van der Waals surface area contributed by atoms with Gasteiger partial charge in [-0.05, 0) is 63.4 Å². The summed E-state index contributed by atoms with van der Waals surface area (Å²) in [6.07, 6.45) is 0.844. The molecule has 0 atom stereocenters. The molecule has 7 heteroatoms. The summed E-state index contributed by atoms with van der Waals surface area (Å²) in [5.74, 6) is -0.296. The highest BCUT2D eigenvalue weighted by molar-refractivity contribution is 7.92. The van der Waals surface area contributed by atoms with Crippen LogP contribution in [0.3, 0.4) is 0 Å². The van der Waals surface area contributed by atoms with Crippen molar-refractivity contribution < 1.29 is 17.9 Å². The minimum Gasteiger partial charge on any atom is -0.379 e. The molecule has 0 aliphatic heterocycles. The molecule has 0 radical (unpaired) electrons. The average molecular weight is 405 g/mol. The Bertz CT molecular complexity index is 924. The molecule has 0 aromatic heterocycles. The number of para-hydroxylation sites is 1. The van der Waals surface area contributed by atoms with Crippen LogP contribution in [0.4, 0.5) is 5.69 Å². The van der Waals surface area contributed by atoms with E-state index in [2.05, 4.69) is 10.0 Å². The van der Waals surface area contributed by atoms with E-state index in [4.69, 9.17) is 4.74 Å². The number of hydrogen-bond acceptors (Lipinski definition) is 4. The van der Waals surface area contributed by atoms with Crippen LogP contribution in [-0.4, -0.2) is 33.6 Å². The fraction of sp³-hybridized carbons (Fsp3) is 0.381. The normalized spacial score (nSPS) is 11.5. The summed E-state index contributed by atoms with van der Waals surface area (Å²) >= 11 is 0. The van der Waals surface area contributed by atoms with E-state index < -0.39 is 10.0 Å². The molecule has 28 heavy (non-hydrogen) atoms. The molecule has 1 amide bonds. The van der Waals surface area contributed by atoms with Crippen LogP contribution in [-0.2, 0) is 14.8 Å². The van der Waals surface area contributed by atoms with E-state index >= 15 is 0 Å². The maximum Gasteiger partial charge on any atom is 0.261 e. The molecule has 0 spiro atoms. The Balaban J connectivity index is 2.11. The number of benzene rings is 2. The van der Waals surface area contributed by atoms with Gasteiger partial charge in [0.05, 0.1) is 16.7 Å². The third kappa shape index (κ3) is 6.07. The van der Waals surface area contributed by atoms with Crippen LogP contribution in [0.2, 0.25) is 0 Å². The van der Waals surface area contributed by atoms with Crippen LogP contribution in [0, 0.1) is 13.8 Å². The molecule has 0 aliphatic carbocycles. The Hall–Kier alpha value is -2.38. The first-order chi connectivity index (χ1) is 13.2. The van der Waals surface area contributed by atoms with Gasteiger partial charge in [-0.25, -0.2) is 8.42 Å². The zero-order valence-electron chi connectivity index (χ0n) is 16.8. The lowest BCUT2D eigenvalue weighted by atomic mass is 10.1. The average Bonchev–Trinajstić information content (AvgIpc) is 2.63. The Labute approximate surface area is 167 Å². The monoisotopic (exact) mass is 404 g/mol. The Morgan fingerprint density at radius 2 is 1.79 bits per heavy atom. The van der Waals surface area contributed by atoms with E-state index in [-0.39, 0.29) is 16.9 Å². The van der Waals surface area contributed by atoms with Crippen LogP contribution < -0.4 is 10.0 Å². The van der Waals surface area contributed by atoms with Crippen molar-refractivity contribution in [3.63, 3.8) is 0 Å². The van der Waals surface area contributed by atoms with Crippen LogP contribution in [0.25, 0.3) is 0 Å². The number of nitrogens with one attached hydrogen (secondary N) is 2. The lowest BCUT2D eigenvalue weighted by Crippen LogP contribution is -2.26. The summed E-state index contributed by atoms with van der Waals surface area (Å²) in [6, 6.07) is 11.7. The number of carbonyl (C=O) groups excluding carboxylic acids is 1. The SMILES string of the molecule is Cc1ccccc1NS(=O)(=O)c1ccc(C)c(C(=O)NCCCOC(C)C)c1. The van der Waals surface area contributed by atoms with Crippen molar-refractivity contribution in [2.45, 2.75) is 45.1 Å². The minimum absolute atomic E-state index is 0.0506. The first-order valence-corrected chi connectivity index (χ1v) is 10.8. The van der Waals surface area contributed by atoms with Crippen molar-refractivity contribution in [2.75, 3.05) is 17.9 Å². The first kappa shape index (κ1) is 21.9. The highest BCUT2D eigenvalue weighted by Crippen LogP contribution is 2.21. The smallest absolute Gasteiger partial charge is 0.261 e. The quantitative estimate of drug-likeness (QED) is 0.625. The van der Waals surface area contributed by atoms with E-state index in [0.717, 1.165) is 5.56 Å². The van der Waals surface area contributed by atoms with Gasteiger partial charge in [0.15, 0.2) is 0 Å². The summed E-state index contributed by atoms with van der Waals surface area (Å²) in [6.45, 7) is 8.55. The minimum atomic E-state index is -3.80. The van der Waals surface area contributed by atoms with Crippen LogP contribution in [0.1, 0.15) is 41.8 Å². The van der Waals surface area contributed by atoms with Gasteiger partial charge in [-0.15, -0.1) is 0 Å². The number of carbonyl (C=O) groups is 1. The van der Waals surface area contributed by atoms with Crippen molar-refractivity contribution in [3.05, 3.63) is 59.2 Å². The molecule has 0 bridgehead atoms. The molecule has 2 N–H and O–H groups in total. The van der Waals surface area contributed by atoms with E-state index in [1.165, 1.54) is 12.1 Å². The molecule has 152 valence electrons. The van der Waals surface area contributed by atoms with Crippen molar-refractivity contribution in [1.82, 2.24) is 5.32 Å². The maximum atomic E-state index is 12.7. The Morgan fingerprint density at radius 3 is 2.46 bits per heavy atom. The van der Waals surface area contributed by atoms with Gasteiger partial charge < -0.3 is 10.1 Å². The van der Waals surface area contributed by atoms with Gasteiger partial charge in [0.1, 0.15) is 0 Å². The number of rotatable bonds is 9. The topological polar surface area (TPSA) is 84.5 Å². The van der Waals surface area contributed by atoms with Gasteiger partial charge in [0.2, 0.25) is 0 Å². The van der Waals surface area contributed by atoms with Crippen LogP contribution in [0.15, 0.2) is 47.4 Å². The van der Waals surface area contributed by atoms with Crippen molar-refractivity contribution in [2.24, 2.45) is 0 Å². The molecule has 0 unspecified atom stereocenters. The first-order valence-electron chi connectivity index (χ1n) is 9.29. The van der Waals surface area contributed by atoms with E-state index in [1.807, 2.05) is 32.9 Å². The number of hydrogen-bond donors (Lipinski definition) is 2. The van der Waals surface area contributed by atoms with Gasteiger partial charge in [-0.3, -0.25) is 9.52 Å². The summed E-state index contributed by atoms with van der Waals surface area (Å²) in [4.78, 5) is 12.5. The third-order valence-corrected chi connectivity index (χ3v) is 5.57. The van der Waals surface area contributed by atoms with Gasteiger partial charge in [0, 0.05) is 18.7 Å². The largest absolute Gasteiger partial charge is 0.379 e. The number of ether oxygens (including phenoxy) is 1. The summed E-state index contributed by atoms with van der Waals surface area (Å²) in [7, 11) is -3.80. The maximum absolute atomic E-state index is 12.7. The molecule has 2 rings (SSSR count).